The van der Waals surface area contributed by atoms with Crippen molar-refractivity contribution in [3.8, 4) is 15.6 Å². The third-order valence-corrected chi connectivity index (χ3v) is 5.40. The Morgan fingerprint density at radius 1 is 1.03 bits per heavy atom. The van der Waals surface area contributed by atoms with Crippen LogP contribution in [-0.2, 0) is 0 Å². The lowest BCUT2D eigenvalue weighted by Crippen LogP contribution is -2.13. The summed E-state index contributed by atoms with van der Waals surface area (Å²) in [6, 6.07) is 11.7. The van der Waals surface area contributed by atoms with Crippen LogP contribution in [0.5, 0.6) is 0 Å². The van der Waals surface area contributed by atoms with Crippen molar-refractivity contribution in [2.75, 3.05) is 0 Å². The fraction of sp³-hybridized carbons (Fsp3) is 0.0526. The van der Waals surface area contributed by atoms with Gasteiger partial charge in [0.2, 0.25) is 5.13 Å². The monoisotopic (exact) mass is 451 g/mol. The third kappa shape index (κ3) is 4.04. The van der Waals surface area contributed by atoms with Gasteiger partial charge in [-0.3, -0.25) is 30.1 Å². The number of aryl methyl sites for hydroxylation is 1. The molecule has 0 aliphatic carbocycles. The Balaban J connectivity index is 1.65. The number of azo groups is 1. The van der Waals surface area contributed by atoms with Gasteiger partial charge >= 0.3 is 5.56 Å². The van der Waals surface area contributed by atoms with Gasteiger partial charge in [-0.05, 0) is 13.0 Å². The van der Waals surface area contributed by atoms with Crippen LogP contribution in [0.2, 0.25) is 0 Å². The number of aromatic nitrogens is 3. The second-order valence-electron chi connectivity index (χ2n) is 6.52. The van der Waals surface area contributed by atoms with Gasteiger partial charge in [-0.15, -0.1) is 5.11 Å². The van der Waals surface area contributed by atoms with Gasteiger partial charge in [0, 0.05) is 36.0 Å². The average Bonchev–Trinajstić information content (AvgIpc) is 3.37. The highest BCUT2D eigenvalue weighted by Crippen LogP contribution is 2.30. The summed E-state index contributed by atoms with van der Waals surface area (Å²) in [6.07, 6.45) is 1.52. The lowest BCUT2D eigenvalue weighted by Gasteiger charge is -1.97. The number of thiazole rings is 1. The minimum atomic E-state index is -0.547. The Morgan fingerprint density at radius 2 is 1.72 bits per heavy atom. The van der Waals surface area contributed by atoms with Gasteiger partial charge in [0.1, 0.15) is 0 Å². The minimum absolute atomic E-state index is 0.0311. The number of rotatable bonds is 6. The van der Waals surface area contributed by atoms with Crippen LogP contribution in [0.25, 0.3) is 15.6 Å². The first kappa shape index (κ1) is 20.7. The van der Waals surface area contributed by atoms with E-state index < -0.39 is 15.4 Å². The van der Waals surface area contributed by atoms with Crippen molar-refractivity contribution >= 4 is 34.1 Å². The molecule has 32 heavy (non-hydrogen) atoms. The number of nitro benzene ring substituents is 2. The quantitative estimate of drug-likeness (QED) is 0.251. The van der Waals surface area contributed by atoms with Crippen LogP contribution in [0, 0.1) is 27.2 Å². The number of hydrogen-bond donors (Lipinski definition) is 1. The molecule has 160 valence electrons. The summed E-state index contributed by atoms with van der Waals surface area (Å²) in [5.41, 5.74) is 0.602. The molecule has 0 bridgehead atoms. The van der Waals surface area contributed by atoms with E-state index in [0.29, 0.717) is 21.3 Å². The zero-order valence-electron chi connectivity index (χ0n) is 16.3. The summed E-state index contributed by atoms with van der Waals surface area (Å²) in [5.74, 6) is 0. The summed E-state index contributed by atoms with van der Waals surface area (Å²) in [5, 5.41) is 33.0. The molecule has 0 radical (unpaired) electrons. The van der Waals surface area contributed by atoms with Crippen LogP contribution in [0.3, 0.4) is 0 Å². The molecule has 0 aliphatic rings. The predicted octanol–water partition coefficient (Wildman–Crippen LogP) is 4.83. The molecule has 12 nitrogen and oxygen atoms in total. The molecule has 0 unspecified atom stereocenters. The molecule has 0 amide bonds. The molecule has 2 aromatic heterocycles. The first-order chi connectivity index (χ1) is 15.3. The van der Waals surface area contributed by atoms with E-state index in [1.807, 2.05) is 0 Å². The van der Waals surface area contributed by atoms with E-state index >= 15 is 0 Å². The number of H-pyrrole nitrogens is 1. The topological polar surface area (TPSA) is 162 Å². The van der Waals surface area contributed by atoms with Crippen molar-refractivity contribution in [3.05, 3.63) is 91.0 Å². The molecule has 13 heteroatoms. The maximum Gasteiger partial charge on any atom is 0.301 e. The van der Waals surface area contributed by atoms with E-state index in [0.717, 1.165) is 0 Å². The normalized spacial score (nSPS) is 11.2. The Hall–Kier alpha value is -4.52. The van der Waals surface area contributed by atoms with Gasteiger partial charge < -0.3 is 0 Å². The molecular weight excluding hydrogens is 438 g/mol. The predicted molar refractivity (Wildman–Crippen MR) is 116 cm³/mol. The van der Waals surface area contributed by atoms with Crippen LogP contribution in [-0.4, -0.2) is 24.6 Å². The largest absolute Gasteiger partial charge is 0.301 e. The fourth-order valence-corrected chi connectivity index (χ4v) is 3.71. The molecule has 1 N–H and O–H groups in total. The van der Waals surface area contributed by atoms with E-state index in [1.165, 1.54) is 58.6 Å². The molecule has 2 heterocycles. The zero-order chi connectivity index (χ0) is 22.8. The summed E-state index contributed by atoms with van der Waals surface area (Å²) < 4.78 is 1.20. The fourth-order valence-electron chi connectivity index (χ4n) is 2.84. The molecule has 0 fully saturated rings. The number of aromatic amines is 1. The highest BCUT2D eigenvalue weighted by atomic mass is 32.1. The van der Waals surface area contributed by atoms with E-state index in [1.54, 1.807) is 19.1 Å². The second kappa shape index (κ2) is 8.31. The summed E-state index contributed by atoms with van der Waals surface area (Å²) >= 11 is 1.17. The summed E-state index contributed by atoms with van der Waals surface area (Å²) in [4.78, 5) is 38.6. The molecule has 0 atom stereocenters. The first-order valence-electron chi connectivity index (χ1n) is 9.02. The van der Waals surface area contributed by atoms with Crippen LogP contribution >= 0.6 is 11.3 Å². The number of nitrogens with zero attached hydrogens (tertiary/aromatic N) is 6. The highest BCUT2D eigenvalue weighted by molar-refractivity contribution is 7.17. The molecule has 0 spiro atoms. The van der Waals surface area contributed by atoms with Gasteiger partial charge in [0.25, 0.3) is 11.4 Å². The highest BCUT2D eigenvalue weighted by Gasteiger charge is 2.16. The van der Waals surface area contributed by atoms with Gasteiger partial charge in [-0.1, -0.05) is 29.5 Å². The van der Waals surface area contributed by atoms with E-state index in [4.69, 9.17) is 0 Å². The Kier molecular flexibility index (Phi) is 5.39. The maximum absolute atomic E-state index is 12.8. The SMILES string of the molecule is Cc1[nH]n(-c2ncc(-c3cccc([N+](=O)[O-])c3)s2)c(=O)c1N=Nc1cccc([N+](=O)[O-])c1. The Labute approximate surface area is 182 Å². The lowest BCUT2D eigenvalue weighted by molar-refractivity contribution is -0.385. The second-order valence-corrected chi connectivity index (χ2v) is 7.53. The number of nitro groups is 2. The van der Waals surface area contributed by atoms with Gasteiger partial charge in [-0.2, -0.15) is 9.80 Å². The van der Waals surface area contributed by atoms with E-state index in [-0.39, 0.29) is 22.7 Å². The van der Waals surface area contributed by atoms with Gasteiger partial charge in [0.15, 0.2) is 5.69 Å². The zero-order valence-corrected chi connectivity index (χ0v) is 17.1. The van der Waals surface area contributed by atoms with Crippen LogP contribution in [0.15, 0.2) is 69.8 Å². The first-order valence-corrected chi connectivity index (χ1v) is 9.84. The molecule has 0 saturated carbocycles. The van der Waals surface area contributed by atoms with Crippen LogP contribution in [0.4, 0.5) is 22.7 Å². The van der Waals surface area contributed by atoms with Crippen molar-refractivity contribution in [1.29, 1.82) is 0 Å². The molecule has 0 saturated heterocycles. The molecule has 4 aromatic rings. The Bertz CT molecular complexity index is 1440. The van der Waals surface area contributed by atoms with E-state index in [2.05, 4.69) is 20.3 Å². The molecule has 0 aliphatic heterocycles. The minimum Gasteiger partial charge on any atom is -0.291 e. The van der Waals surface area contributed by atoms with Crippen molar-refractivity contribution in [3.63, 3.8) is 0 Å². The standard InChI is InChI=1S/C19H13N7O5S/c1-11-17(22-21-13-5-3-7-15(9-13)26(30)31)18(27)24(23-11)19-20-10-16(32-19)12-4-2-6-14(8-12)25(28)29/h2-10,23H,1H3. The van der Waals surface area contributed by atoms with Crippen molar-refractivity contribution in [2.45, 2.75) is 6.92 Å². The molecular formula is C19H13N7O5S. The number of hydrogen-bond acceptors (Lipinski definition) is 9. The van der Waals surface area contributed by atoms with E-state index in [9.17, 15) is 25.0 Å². The Morgan fingerprint density at radius 3 is 2.44 bits per heavy atom. The number of benzene rings is 2. The summed E-state index contributed by atoms with van der Waals surface area (Å²) in [7, 11) is 0. The number of nitrogens with one attached hydrogen (secondary N) is 1. The smallest absolute Gasteiger partial charge is 0.291 e. The van der Waals surface area contributed by atoms with Crippen molar-refractivity contribution < 1.29 is 9.85 Å². The number of non-ortho nitro benzene ring substituents is 2. The molecule has 4 rings (SSSR count). The van der Waals surface area contributed by atoms with Crippen LogP contribution in [0.1, 0.15) is 5.69 Å². The molecule has 2 aromatic carbocycles. The summed E-state index contributed by atoms with van der Waals surface area (Å²) in [6.45, 7) is 1.63. The van der Waals surface area contributed by atoms with Crippen molar-refractivity contribution in [1.82, 2.24) is 14.8 Å². The lowest BCUT2D eigenvalue weighted by atomic mass is 10.2. The van der Waals surface area contributed by atoms with Crippen LogP contribution < -0.4 is 5.56 Å². The van der Waals surface area contributed by atoms with Crippen molar-refractivity contribution in [2.24, 2.45) is 10.2 Å². The average molecular weight is 451 g/mol. The third-order valence-electron chi connectivity index (χ3n) is 4.37. The maximum atomic E-state index is 12.8. The van der Waals surface area contributed by atoms with Gasteiger partial charge in [0.05, 0.1) is 26.1 Å². The van der Waals surface area contributed by atoms with Gasteiger partial charge in [-0.25, -0.2) is 4.98 Å².